The van der Waals surface area contributed by atoms with Crippen molar-refractivity contribution in [1.29, 1.82) is 0 Å². The smallest absolute Gasteiger partial charge is 0.291 e. The van der Waals surface area contributed by atoms with Crippen molar-refractivity contribution in [3.05, 3.63) is 72.2 Å². The summed E-state index contributed by atoms with van der Waals surface area (Å²) in [5.74, 6) is 1.98. The number of nitrogens with zero attached hydrogens (tertiary/aromatic N) is 1. The molecule has 2 aromatic carbocycles. The van der Waals surface area contributed by atoms with E-state index in [1.54, 1.807) is 19.2 Å². The van der Waals surface area contributed by atoms with Gasteiger partial charge in [0.25, 0.3) is 5.91 Å². The van der Waals surface area contributed by atoms with Gasteiger partial charge in [0.1, 0.15) is 0 Å². The molecule has 0 aliphatic carbocycles. The summed E-state index contributed by atoms with van der Waals surface area (Å²) >= 11 is 0. The van der Waals surface area contributed by atoms with Crippen LogP contribution in [0.4, 0.5) is 11.4 Å². The molecule has 1 heterocycles. The number of hydrogen-bond donors (Lipinski definition) is 3. The Kier molecular flexibility index (Phi) is 8.14. The fraction of sp³-hybridized carbons (Fsp3) is 0.250. The van der Waals surface area contributed by atoms with Gasteiger partial charge in [-0.3, -0.25) is 4.79 Å². The van der Waals surface area contributed by atoms with Crippen LogP contribution in [0.5, 0.6) is 11.5 Å². The zero-order valence-corrected chi connectivity index (χ0v) is 18.5. The van der Waals surface area contributed by atoms with Crippen LogP contribution in [0.15, 0.2) is 70.3 Å². The number of benzene rings is 2. The highest BCUT2D eigenvalue weighted by Gasteiger charge is 2.09. The Hall–Kier alpha value is -3.94. The number of furan rings is 1. The van der Waals surface area contributed by atoms with Gasteiger partial charge in [0.2, 0.25) is 0 Å². The molecule has 32 heavy (non-hydrogen) atoms. The lowest BCUT2D eigenvalue weighted by atomic mass is 10.2. The highest BCUT2D eigenvalue weighted by Crippen LogP contribution is 2.30. The number of hydrogen-bond acceptors (Lipinski definition) is 5. The van der Waals surface area contributed by atoms with Crippen LogP contribution in [-0.2, 0) is 6.54 Å². The van der Waals surface area contributed by atoms with Gasteiger partial charge in [0.15, 0.2) is 23.2 Å². The van der Waals surface area contributed by atoms with Crippen molar-refractivity contribution in [2.75, 3.05) is 30.9 Å². The first-order valence-electron chi connectivity index (χ1n) is 10.4. The molecule has 3 N–H and O–H groups in total. The van der Waals surface area contributed by atoms with Crippen molar-refractivity contribution < 1.29 is 18.7 Å². The summed E-state index contributed by atoms with van der Waals surface area (Å²) in [6, 6.07) is 16.5. The molecule has 1 amide bonds. The molecule has 0 radical (unpaired) electrons. The summed E-state index contributed by atoms with van der Waals surface area (Å²) in [7, 11) is 1.61. The van der Waals surface area contributed by atoms with E-state index in [-0.39, 0.29) is 11.7 Å². The number of aliphatic imine (C=N–C) groups is 1. The average Bonchev–Trinajstić information content (AvgIpc) is 3.35. The van der Waals surface area contributed by atoms with E-state index in [2.05, 4.69) is 20.9 Å². The Morgan fingerprint density at radius 1 is 1.00 bits per heavy atom. The summed E-state index contributed by atoms with van der Waals surface area (Å²) in [5.41, 5.74) is 2.52. The third kappa shape index (κ3) is 6.28. The largest absolute Gasteiger partial charge is 0.493 e. The Bertz CT molecular complexity index is 1030. The highest BCUT2D eigenvalue weighted by molar-refractivity contribution is 6.02. The molecule has 0 saturated carbocycles. The topological polar surface area (TPSA) is 97.1 Å². The first kappa shape index (κ1) is 22.7. The van der Waals surface area contributed by atoms with E-state index < -0.39 is 0 Å². The quantitative estimate of drug-likeness (QED) is 0.337. The minimum Gasteiger partial charge on any atom is -0.493 e. The molecule has 8 nitrogen and oxygen atoms in total. The second-order valence-corrected chi connectivity index (χ2v) is 6.75. The van der Waals surface area contributed by atoms with Crippen LogP contribution in [0.3, 0.4) is 0 Å². The van der Waals surface area contributed by atoms with Gasteiger partial charge in [0.05, 0.1) is 26.5 Å². The predicted octanol–water partition coefficient (Wildman–Crippen LogP) is 4.52. The normalized spacial score (nSPS) is 11.0. The lowest BCUT2D eigenvalue weighted by Gasteiger charge is -2.14. The Morgan fingerprint density at radius 2 is 1.78 bits per heavy atom. The average molecular weight is 437 g/mol. The zero-order valence-electron chi connectivity index (χ0n) is 18.5. The number of amides is 1. The SMILES string of the molecule is CCNC(=NCc1ccc(NC(=O)c2ccco2)cc1)Nc1ccc(OCC)c(OC)c1. The summed E-state index contributed by atoms with van der Waals surface area (Å²) in [6.45, 7) is 5.69. The van der Waals surface area contributed by atoms with E-state index in [4.69, 9.17) is 13.9 Å². The van der Waals surface area contributed by atoms with Gasteiger partial charge in [-0.15, -0.1) is 0 Å². The third-order valence-electron chi connectivity index (χ3n) is 4.45. The molecule has 0 atom stereocenters. The number of methoxy groups -OCH3 is 1. The van der Waals surface area contributed by atoms with E-state index >= 15 is 0 Å². The second kappa shape index (κ2) is 11.5. The number of carbonyl (C=O) groups excluding carboxylic acids is 1. The minimum absolute atomic E-state index is 0.269. The van der Waals surface area contributed by atoms with Gasteiger partial charge >= 0.3 is 0 Å². The second-order valence-electron chi connectivity index (χ2n) is 6.75. The summed E-state index contributed by atoms with van der Waals surface area (Å²) in [6.07, 6.45) is 1.47. The highest BCUT2D eigenvalue weighted by atomic mass is 16.5. The predicted molar refractivity (Wildman–Crippen MR) is 126 cm³/mol. The molecule has 1 aromatic heterocycles. The molecule has 0 bridgehead atoms. The molecule has 3 aromatic rings. The van der Waals surface area contributed by atoms with Gasteiger partial charge in [0, 0.05) is 24.0 Å². The molecule has 0 spiro atoms. The molecule has 0 fully saturated rings. The lowest BCUT2D eigenvalue weighted by molar-refractivity contribution is 0.0996. The van der Waals surface area contributed by atoms with Gasteiger partial charge in [-0.25, -0.2) is 4.99 Å². The molecule has 8 heteroatoms. The van der Waals surface area contributed by atoms with Gasteiger partial charge in [-0.2, -0.15) is 0 Å². The maximum absolute atomic E-state index is 12.1. The van der Waals surface area contributed by atoms with Gasteiger partial charge in [-0.1, -0.05) is 12.1 Å². The van der Waals surface area contributed by atoms with Crippen LogP contribution in [0, 0.1) is 0 Å². The van der Waals surface area contributed by atoms with Crippen molar-refractivity contribution in [3.63, 3.8) is 0 Å². The number of nitrogens with one attached hydrogen (secondary N) is 3. The minimum atomic E-state index is -0.287. The molecule has 0 saturated heterocycles. The number of rotatable bonds is 9. The fourth-order valence-electron chi connectivity index (χ4n) is 2.93. The lowest BCUT2D eigenvalue weighted by Crippen LogP contribution is -2.30. The van der Waals surface area contributed by atoms with Gasteiger partial charge in [-0.05, 0) is 55.8 Å². The Balaban J connectivity index is 1.64. The van der Waals surface area contributed by atoms with E-state index in [1.807, 2.05) is 56.3 Å². The van der Waals surface area contributed by atoms with E-state index in [9.17, 15) is 4.79 Å². The van der Waals surface area contributed by atoms with E-state index in [1.165, 1.54) is 6.26 Å². The van der Waals surface area contributed by atoms with Gasteiger partial charge < -0.3 is 29.8 Å². The fourth-order valence-corrected chi connectivity index (χ4v) is 2.93. The summed E-state index contributed by atoms with van der Waals surface area (Å²) in [4.78, 5) is 16.7. The van der Waals surface area contributed by atoms with Crippen molar-refractivity contribution in [2.45, 2.75) is 20.4 Å². The van der Waals surface area contributed by atoms with E-state index in [0.29, 0.717) is 36.3 Å². The van der Waals surface area contributed by atoms with Crippen molar-refractivity contribution in [2.24, 2.45) is 4.99 Å². The van der Waals surface area contributed by atoms with Crippen molar-refractivity contribution in [1.82, 2.24) is 5.32 Å². The molecule has 3 rings (SSSR count). The standard InChI is InChI=1S/C24H28N4O4/c1-4-25-24(28-19-12-13-20(31-5-2)22(15-19)30-3)26-16-17-8-10-18(11-9-17)27-23(29)21-7-6-14-32-21/h6-15H,4-5,16H2,1-3H3,(H,27,29)(H2,25,26,28). The monoisotopic (exact) mass is 436 g/mol. The van der Waals surface area contributed by atoms with Crippen LogP contribution in [0.2, 0.25) is 0 Å². The first-order valence-corrected chi connectivity index (χ1v) is 10.4. The number of ether oxygens (including phenoxy) is 2. The molecule has 168 valence electrons. The number of carbonyl (C=O) groups is 1. The van der Waals surface area contributed by atoms with Crippen molar-refractivity contribution in [3.8, 4) is 11.5 Å². The molecular formula is C24H28N4O4. The summed E-state index contributed by atoms with van der Waals surface area (Å²) in [5, 5.41) is 9.31. The number of guanidine groups is 1. The molecule has 0 unspecified atom stereocenters. The molecule has 0 aliphatic heterocycles. The molecule has 0 aliphatic rings. The summed E-state index contributed by atoms with van der Waals surface area (Å²) < 4.78 is 16.1. The zero-order chi connectivity index (χ0) is 22.8. The van der Waals surface area contributed by atoms with Crippen molar-refractivity contribution >= 4 is 23.2 Å². The first-order chi connectivity index (χ1) is 15.6. The van der Waals surface area contributed by atoms with Crippen LogP contribution in [-0.4, -0.2) is 32.1 Å². The van der Waals surface area contributed by atoms with Crippen LogP contribution < -0.4 is 25.4 Å². The maximum Gasteiger partial charge on any atom is 0.291 e. The Morgan fingerprint density at radius 3 is 2.44 bits per heavy atom. The van der Waals surface area contributed by atoms with Crippen LogP contribution >= 0.6 is 0 Å². The maximum atomic E-state index is 12.1. The Labute approximate surface area is 187 Å². The van der Waals surface area contributed by atoms with Crippen LogP contribution in [0.25, 0.3) is 0 Å². The number of anilines is 2. The third-order valence-corrected chi connectivity index (χ3v) is 4.45. The van der Waals surface area contributed by atoms with Crippen LogP contribution in [0.1, 0.15) is 30.0 Å². The molecular weight excluding hydrogens is 408 g/mol. The van der Waals surface area contributed by atoms with E-state index in [0.717, 1.165) is 17.8 Å².